The van der Waals surface area contributed by atoms with Crippen molar-refractivity contribution in [1.82, 2.24) is 14.7 Å². The largest absolute Gasteiger partial charge is 0.435 e. The van der Waals surface area contributed by atoms with Crippen molar-refractivity contribution >= 4 is 11.8 Å². The number of alkyl halides is 2. The average Bonchev–Trinajstić information content (AvgIpc) is 2.74. The fourth-order valence-corrected chi connectivity index (χ4v) is 3.97. The van der Waals surface area contributed by atoms with E-state index in [2.05, 4.69) is 9.64 Å². The molecule has 0 N–H and O–H groups in total. The van der Waals surface area contributed by atoms with Gasteiger partial charge in [-0.15, -0.1) is 0 Å². The number of benzene rings is 1. The minimum atomic E-state index is -2.86. The Balaban J connectivity index is 1.45. The van der Waals surface area contributed by atoms with E-state index in [1.807, 2.05) is 11.8 Å². The number of piperidine rings is 1. The van der Waals surface area contributed by atoms with Crippen LogP contribution in [-0.2, 0) is 16.0 Å². The molecule has 0 bridgehead atoms. The lowest BCUT2D eigenvalue weighted by atomic mass is 10.1. The van der Waals surface area contributed by atoms with Crippen molar-refractivity contribution < 1.29 is 23.1 Å². The quantitative estimate of drug-likeness (QED) is 0.724. The van der Waals surface area contributed by atoms with E-state index in [1.165, 1.54) is 18.6 Å². The van der Waals surface area contributed by atoms with E-state index < -0.39 is 6.61 Å². The molecule has 6 nitrogen and oxygen atoms in total. The van der Waals surface area contributed by atoms with Gasteiger partial charge in [0.1, 0.15) is 5.75 Å². The van der Waals surface area contributed by atoms with Crippen LogP contribution in [0, 0.1) is 0 Å². The van der Waals surface area contributed by atoms with Gasteiger partial charge in [0.25, 0.3) is 0 Å². The van der Waals surface area contributed by atoms with Crippen LogP contribution in [-0.4, -0.2) is 78.4 Å². The number of carbonyl (C=O) groups is 2. The van der Waals surface area contributed by atoms with E-state index in [-0.39, 0.29) is 30.0 Å². The summed E-state index contributed by atoms with van der Waals surface area (Å²) in [5.41, 5.74) is 0.757. The van der Waals surface area contributed by atoms with Gasteiger partial charge in [0.2, 0.25) is 11.8 Å². The van der Waals surface area contributed by atoms with Gasteiger partial charge in [0, 0.05) is 39.3 Å². The second-order valence-electron chi connectivity index (χ2n) is 7.68. The van der Waals surface area contributed by atoms with Gasteiger partial charge in [0.15, 0.2) is 0 Å². The van der Waals surface area contributed by atoms with Crippen LogP contribution < -0.4 is 4.74 Å². The molecule has 3 rings (SSSR count). The first kappa shape index (κ1) is 21.5. The van der Waals surface area contributed by atoms with E-state index in [1.54, 1.807) is 17.0 Å². The molecule has 1 unspecified atom stereocenters. The maximum absolute atomic E-state index is 12.7. The van der Waals surface area contributed by atoms with Crippen molar-refractivity contribution in [3.63, 3.8) is 0 Å². The Morgan fingerprint density at radius 1 is 0.931 bits per heavy atom. The fraction of sp³-hybridized carbons (Fsp3) is 0.619. The summed E-state index contributed by atoms with van der Waals surface area (Å²) in [4.78, 5) is 31.2. The second-order valence-corrected chi connectivity index (χ2v) is 7.68. The minimum Gasteiger partial charge on any atom is -0.435 e. The molecule has 2 heterocycles. The number of ether oxygens (including phenoxy) is 1. The molecule has 2 saturated heterocycles. The summed E-state index contributed by atoms with van der Waals surface area (Å²) in [6, 6.07) is 5.99. The van der Waals surface area contributed by atoms with Crippen LogP contribution in [0.1, 0.15) is 31.7 Å². The van der Waals surface area contributed by atoms with Gasteiger partial charge in [-0.1, -0.05) is 12.1 Å². The number of piperazine rings is 1. The molecule has 1 aromatic carbocycles. The predicted octanol–water partition coefficient (Wildman–Crippen LogP) is 2.38. The lowest BCUT2D eigenvalue weighted by Gasteiger charge is -2.39. The zero-order chi connectivity index (χ0) is 20.8. The summed E-state index contributed by atoms with van der Waals surface area (Å²) in [5.74, 6) is 0.273. The standard InChI is InChI=1S/C21H29F2N3O3/c1-16(20(28)26-9-3-2-4-10-26)24-11-13-25(14-12-24)19(27)15-17-5-7-18(8-6-17)29-21(22)23/h5-8,16,21H,2-4,9-15H2,1H3. The molecule has 0 saturated carbocycles. The molecule has 8 heteroatoms. The number of amides is 2. The monoisotopic (exact) mass is 409 g/mol. The SMILES string of the molecule is CC(C(=O)N1CCCCC1)N1CCN(C(=O)Cc2ccc(OC(F)F)cc2)CC1. The van der Waals surface area contributed by atoms with Gasteiger partial charge in [0.05, 0.1) is 12.5 Å². The van der Waals surface area contributed by atoms with Crippen LogP contribution in [0.3, 0.4) is 0 Å². The molecular weight excluding hydrogens is 380 g/mol. The van der Waals surface area contributed by atoms with Crippen LogP contribution >= 0.6 is 0 Å². The molecule has 2 fully saturated rings. The number of hydrogen-bond donors (Lipinski definition) is 0. The molecule has 160 valence electrons. The van der Waals surface area contributed by atoms with Crippen LogP contribution in [0.25, 0.3) is 0 Å². The number of nitrogens with zero attached hydrogens (tertiary/aromatic N) is 3. The van der Waals surface area contributed by atoms with Gasteiger partial charge < -0.3 is 14.5 Å². The first-order valence-electron chi connectivity index (χ1n) is 10.3. The van der Waals surface area contributed by atoms with Gasteiger partial charge in [-0.05, 0) is 43.9 Å². The molecule has 0 aromatic heterocycles. The first-order valence-corrected chi connectivity index (χ1v) is 10.3. The molecule has 1 aromatic rings. The molecule has 2 aliphatic heterocycles. The zero-order valence-electron chi connectivity index (χ0n) is 16.9. The van der Waals surface area contributed by atoms with E-state index in [0.717, 1.165) is 31.5 Å². The predicted molar refractivity (Wildman–Crippen MR) is 105 cm³/mol. The summed E-state index contributed by atoms with van der Waals surface area (Å²) in [6.07, 6.45) is 3.57. The van der Waals surface area contributed by atoms with E-state index in [0.29, 0.717) is 26.2 Å². The topological polar surface area (TPSA) is 53.1 Å². The maximum Gasteiger partial charge on any atom is 0.387 e. The fourth-order valence-electron chi connectivity index (χ4n) is 3.97. The van der Waals surface area contributed by atoms with Crippen molar-refractivity contribution in [3.8, 4) is 5.75 Å². The lowest BCUT2D eigenvalue weighted by Crippen LogP contribution is -2.56. The highest BCUT2D eigenvalue weighted by molar-refractivity contribution is 5.82. The highest BCUT2D eigenvalue weighted by Gasteiger charge is 2.30. The summed E-state index contributed by atoms with van der Waals surface area (Å²) in [5, 5.41) is 0. The number of hydrogen-bond acceptors (Lipinski definition) is 4. The number of halogens is 2. The maximum atomic E-state index is 12.7. The Bertz CT molecular complexity index is 685. The highest BCUT2D eigenvalue weighted by atomic mass is 19.3. The van der Waals surface area contributed by atoms with E-state index in [4.69, 9.17) is 0 Å². The molecule has 0 aliphatic carbocycles. The molecule has 0 spiro atoms. The van der Waals surface area contributed by atoms with Gasteiger partial charge in [-0.3, -0.25) is 14.5 Å². The molecule has 2 aliphatic rings. The van der Waals surface area contributed by atoms with Crippen molar-refractivity contribution in [2.75, 3.05) is 39.3 Å². The summed E-state index contributed by atoms with van der Waals surface area (Å²) < 4.78 is 28.7. The molecule has 1 atom stereocenters. The summed E-state index contributed by atoms with van der Waals surface area (Å²) in [6.45, 7) is 3.32. The molecule has 29 heavy (non-hydrogen) atoms. The Kier molecular flexibility index (Phi) is 7.41. The second kappa shape index (κ2) is 10.0. The average molecular weight is 409 g/mol. The molecular formula is C21H29F2N3O3. The third-order valence-corrected chi connectivity index (χ3v) is 5.74. The first-order chi connectivity index (χ1) is 13.9. The summed E-state index contributed by atoms with van der Waals surface area (Å²) in [7, 11) is 0. The number of carbonyl (C=O) groups excluding carboxylic acids is 2. The normalized spacial score (nSPS) is 19.3. The van der Waals surface area contributed by atoms with Gasteiger partial charge in [-0.2, -0.15) is 8.78 Å². The Morgan fingerprint density at radius 2 is 1.55 bits per heavy atom. The van der Waals surface area contributed by atoms with Gasteiger partial charge in [-0.25, -0.2) is 0 Å². The number of rotatable bonds is 6. The highest BCUT2D eigenvalue weighted by Crippen LogP contribution is 2.17. The van der Waals surface area contributed by atoms with Crippen molar-refractivity contribution in [2.24, 2.45) is 0 Å². The summed E-state index contributed by atoms with van der Waals surface area (Å²) >= 11 is 0. The van der Waals surface area contributed by atoms with Crippen molar-refractivity contribution in [1.29, 1.82) is 0 Å². The zero-order valence-corrected chi connectivity index (χ0v) is 16.9. The smallest absolute Gasteiger partial charge is 0.387 e. The Morgan fingerprint density at radius 3 is 2.14 bits per heavy atom. The third kappa shape index (κ3) is 5.88. The van der Waals surface area contributed by atoms with Gasteiger partial charge >= 0.3 is 6.61 Å². The van der Waals surface area contributed by atoms with Crippen molar-refractivity contribution in [3.05, 3.63) is 29.8 Å². The van der Waals surface area contributed by atoms with Crippen LogP contribution in [0.2, 0.25) is 0 Å². The van der Waals surface area contributed by atoms with Crippen LogP contribution in [0.4, 0.5) is 8.78 Å². The van der Waals surface area contributed by atoms with Crippen molar-refractivity contribution in [2.45, 2.75) is 45.3 Å². The van der Waals surface area contributed by atoms with E-state index >= 15 is 0 Å². The Labute approximate surface area is 170 Å². The van der Waals surface area contributed by atoms with Crippen LogP contribution in [0.15, 0.2) is 24.3 Å². The third-order valence-electron chi connectivity index (χ3n) is 5.74. The number of likely N-dealkylation sites (tertiary alicyclic amines) is 1. The molecule has 2 amide bonds. The van der Waals surface area contributed by atoms with Crippen LogP contribution in [0.5, 0.6) is 5.75 Å². The molecule has 0 radical (unpaired) electrons. The Hall–Kier alpha value is -2.22. The lowest BCUT2D eigenvalue weighted by molar-refractivity contribution is -0.139. The minimum absolute atomic E-state index is 0.00203. The van der Waals surface area contributed by atoms with E-state index in [9.17, 15) is 18.4 Å².